The normalized spacial score (nSPS) is 20.9. The Balaban J connectivity index is 1.31. The molecule has 5 nitrogen and oxygen atoms in total. The molecule has 0 amide bonds. The topological polar surface area (TPSA) is 41.4 Å². The molecule has 3 aliphatic rings. The number of rotatable bonds is 3. The summed E-state index contributed by atoms with van der Waals surface area (Å²) in [5.74, 6) is 0.589. The number of benzene rings is 2. The van der Waals surface area contributed by atoms with Gasteiger partial charge in [-0.05, 0) is 55.9 Å². The molecule has 1 aromatic heterocycles. The van der Waals surface area contributed by atoms with Gasteiger partial charge in [-0.3, -0.25) is 4.79 Å². The van der Waals surface area contributed by atoms with Crippen LogP contribution in [0.2, 0.25) is 0 Å². The molecule has 3 heterocycles. The molecular formula is C29H36N4O. The monoisotopic (exact) mass is 456 g/mol. The Labute approximate surface area is 202 Å². The number of likely N-dealkylation sites (tertiary alicyclic amines) is 1. The van der Waals surface area contributed by atoms with Crippen molar-refractivity contribution >= 4 is 22.5 Å². The second kappa shape index (κ2) is 9.53. The first-order valence-electron chi connectivity index (χ1n) is 13.4. The molecule has 2 aliphatic heterocycles. The number of hydrogen-bond donors (Lipinski definition) is 0. The molecule has 2 fully saturated rings. The Kier molecular flexibility index (Phi) is 6.13. The highest BCUT2D eigenvalue weighted by atomic mass is 16.1. The Morgan fingerprint density at radius 2 is 1.44 bits per heavy atom. The lowest BCUT2D eigenvalue weighted by molar-refractivity contribution is 0.116. The van der Waals surface area contributed by atoms with Gasteiger partial charge in [-0.15, -0.1) is 0 Å². The van der Waals surface area contributed by atoms with Crippen LogP contribution in [-0.4, -0.2) is 40.1 Å². The van der Waals surface area contributed by atoms with Gasteiger partial charge in [-0.25, -0.2) is 4.98 Å². The van der Waals surface area contributed by atoms with Gasteiger partial charge >= 0.3 is 0 Å². The summed E-state index contributed by atoms with van der Waals surface area (Å²) in [5.41, 5.74) is 4.40. The Morgan fingerprint density at radius 1 is 0.735 bits per heavy atom. The van der Waals surface area contributed by atoms with Crippen LogP contribution < -0.4 is 10.5 Å². The lowest BCUT2D eigenvalue weighted by atomic mass is 9.93. The van der Waals surface area contributed by atoms with Crippen molar-refractivity contribution in [3.63, 3.8) is 0 Å². The zero-order valence-electron chi connectivity index (χ0n) is 20.2. The lowest BCUT2D eigenvalue weighted by Gasteiger charge is -2.39. The van der Waals surface area contributed by atoms with E-state index in [0.717, 1.165) is 61.7 Å². The minimum Gasteiger partial charge on any atom is -0.321 e. The first-order valence-corrected chi connectivity index (χ1v) is 13.4. The molecular weight excluding hydrogens is 420 g/mol. The molecule has 0 bridgehead atoms. The van der Waals surface area contributed by atoms with Crippen LogP contribution in [0, 0.1) is 0 Å². The summed E-state index contributed by atoms with van der Waals surface area (Å²) >= 11 is 0. The van der Waals surface area contributed by atoms with Crippen molar-refractivity contribution < 1.29 is 0 Å². The molecule has 0 N–H and O–H groups in total. The number of piperidine rings is 1. The van der Waals surface area contributed by atoms with E-state index in [1.807, 2.05) is 12.1 Å². The van der Waals surface area contributed by atoms with E-state index in [2.05, 4.69) is 50.8 Å². The number of anilines is 2. The third kappa shape index (κ3) is 4.04. The largest absolute Gasteiger partial charge is 0.321 e. The molecule has 1 aliphatic carbocycles. The first-order chi connectivity index (χ1) is 16.8. The number of para-hydroxylation sites is 3. The number of aromatic nitrogens is 2. The number of nitrogens with zero attached hydrogens (tertiary/aromatic N) is 4. The molecule has 2 aromatic carbocycles. The molecule has 3 aromatic rings. The van der Waals surface area contributed by atoms with E-state index in [9.17, 15) is 4.79 Å². The number of fused-ring (bicyclic) bond motifs is 2. The fraction of sp³-hybridized carbons (Fsp3) is 0.517. The third-order valence-electron chi connectivity index (χ3n) is 8.38. The van der Waals surface area contributed by atoms with Gasteiger partial charge in [0.25, 0.3) is 5.56 Å². The van der Waals surface area contributed by atoms with Crippen LogP contribution in [0.25, 0.3) is 11.0 Å². The predicted molar refractivity (Wildman–Crippen MR) is 139 cm³/mol. The second-order valence-corrected chi connectivity index (χ2v) is 10.4. The Bertz CT molecular complexity index is 1200. The van der Waals surface area contributed by atoms with Gasteiger partial charge in [0.2, 0.25) is 5.82 Å². The highest BCUT2D eigenvalue weighted by molar-refractivity contribution is 5.78. The zero-order valence-corrected chi connectivity index (χ0v) is 20.2. The highest BCUT2D eigenvalue weighted by Crippen LogP contribution is 2.34. The van der Waals surface area contributed by atoms with Crippen molar-refractivity contribution in [2.45, 2.75) is 76.3 Å². The summed E-state index contributed by atoms with van der Waals surface area (Å²) in [6.07, 6.45) is 12.7. The zero-order chi connectivity index (χ0) is 22.9. The summed E-state index contributed by atoms with van der Waals surface area (Å²) < 4.78 is 2.09. The van der Waals surface area contributed by atoms with Crippen LogP contribution in [0.3, 0.4) is 0 Å². The summed E-state index contributed by atoms with van der Waals surface area (Å²) in [5, 5.41) is 0. The van der Waals surface area contributed by atoms with Crippen LogP contribution in [0.1, 0.15) is 69.4 Å². The number of hydrogen-bond acceptors (Lipinski definition) is 4. The minimum atomic E-state index is 0.0693. The van der Waals surface area contributed by atoms with Crippen LogP contribution in [0.4, 0.5) is 11.5 Å². The van der Waals surface area contributed by atoms with Gasteiger partial charge in [0, 0.05) is 37.4 Å². The van der Waals surface area contributed by atoms with Crippen molar-refractivity contribution in [1.82, 2.24) is 14.5 Å². The van der Waals surface area contributed by atoms with Crippen LogP contribution in [0.5, 0.6) is 0 Å². The van der Waals surface area contributed by atoms with E-state index < -0.39 is 0 Å². The minimum absolute atomic E-state index is 0.0693. The first kappa shape index (κ1) is 21.8. The van der Waals surface area contributed by atoms with Crippen molar-refractivity contribution in [2.24, 2.45) is 0 Å². The van der Waals surface area contributed by atoms with Gasteiger partial charge < -0.3 is 14.4 Å². The van der Waals surface area contributed by atoms with Gasteiger partial charge in [-0.2, -0.15) is 0 Å². The fourth-order valence-electron chi connectivity index (χ4n) is 6.55. The Hall–Kier alpha value is -2.66. The predicted octanol–water partition coefficient (Wildman–Crippen LogP) is 5.84. The standard InChI is InChI=1S/C29H36N4O/c34-29-28(32-21-16-22-10-6-8-14-26(22)32)30-25-13-7-9-15-27(25)33(29)24-17-19-31(20-18-24)23-11-4-2-1-3-5-12-23/h6-10,13-15,23-24H,1-5,11-12,16-21H2. The molecule has 1 saturated heterocycles. The molecule has 0 radical (unpaired) electrons. The molecule has 0 spiro atoms. The smallest absolute Gasteiger partial charge is 0.294 e. The molecule has 34 heavy (non-hydrogen) atoms. The van der Waals surface area contributed by atoms with E-state index in [1.165, 1.54) is 50.5 Å². The summed E-state index contributed by atoms with van der Waals surface area (Å²) in [6.45, 7) is 3.01. The second-order valence-electron chi connectivity index (χ2n) is 10.4. The summed E-state index contributed by atoms with van der Waals surface area (Å²) in [6, 6.07) is 17.6. The van der Waals surface area contributed by atoms with Crippen molar-refractivity contribution in [3.05, 3.63) is 64.4 Å². The molecule has 1 saturated carbocycles. The van der Waals surface area contributed by atoms with E-state index in [4.69, 9.17) is 4.98 Å². The van der Waals surface area contributed by atoms with E-state index in [-0.39, 0.29) is 11.6 Å². The van der Waals surface area contributed by atoms with E-state index in [0.29, 0.717) is 5.82 Å². The van der Waals surface area contributed by atoms with Crippen LogP contribution >= 0.6 is 0 Å². The molecule has 0 atom stereocenters. The van der Waals surface area contributed by atoms with Crippen molar-refractivity contribution in [1.29, 1.82) is 0 Å². The average Bonchev–Trinajstić information content (AvgIpc) is 3.28. The maximum Gasteiger partial charge on any atom is 0.294 e. The summed E-state index contributed by atoms with van der Waals surface area (Å²) in [4.78, 5) is 23.8. The van der Waals surface area contributed by atoms with Crippen LogP contribution in [0.15, 0.2) is 53.3 Å². The van der Waals surface area contributed by atoms with Gasteiger partial charge in [0.1, 0.15) is 0 Å². The van der Waals surface area contributed by atoms with E-state index in [1.54, 1.807) is 0 Å². The highest BCUT2D eigenvalue weighted by Gasteiger charge is 2.30. The maximum absolute atomic E-state index is 14.0. The quantitative estimate of drug-likeness (QED) is 0.496. The van der Waals surface area contributed by atoms with Gasteiger partial charge in [-0.1, -0.05) is 62.4 Å². The molecule has 5 heteroatoms. The van der Waals surface area contributed by atoms with Crippen molar-refractivity contribution in [2.75, 3.05) is 24.5 Å². The van der Waals surface area contributed by atoms with Crippen LogP contribution in [-0.2, 0) is 6.42 Å². The van der Waals surface area contributed by atoms with E-state index >= 15 is 0 Å². The fourth-order valence-corrected chi connectivity index (χ4v) is 6.55. The summed E-state index contributed by atoms with van der Waals surface area (Å²) in [7, 11) is 0. The Morgan fingerprint density at radius 3 is 2.26 bits per heavy atom. The van der Waals surface area contributed by atoms with Gasteiger partial charge in [0.05, 0.1) is 11.0 Å². The van der Waals surface area contributed by atoms with Crippen molar-refractivity contribution in [3.8, 4) is 0 Å². The lowest BCUT2D eigenvalue weighted by Crippen LogP contribution is -2.44. The molecule has 0 unspecified atom stereocenters. The maximum atomic E-state index is 14.0. The van der Waals surface area contributed by atoms with Gasteiger partial charge in [0.15, 0.2) is 0 Å². The SMILES string of the molecule is O=c1c(N2CCc3ccccc32)nc2ccccc2n1C1CCN(C2CCCCCCC2)CC1. The molecule has 178 valence electrons. The molecule has 6 rings (SSSR count). The third-order valence-corrected chi connectivity index (χ3v) is 8.38. The average molecular weight is 457 g/mol.